The Morgan fingerprint density at radius 2 is 2.10 bits per heavy atom. The van der Waals surface area contributed by atoms with Gasteiger partial charge in [0.15, 0.2) is 11.6 Å². The quantitative estimate of drug-likeness (QED) is 0.651. The fourth-order valence-electron chi connectivity index (χ4n) is 1.93. The molecule has 0 aliphatic heterocycles. The molecule has 1 heterocycles. The molecule has 4 nitrogen and oxygen atoms in total. The number of pyridine rings is 1. The molecule has 2 N–H and O–H groups in total. The van der Waals surface area contributed by atoms with Gasteiger partial charge in [0.25, 0.3) is 5.91 Å². The Balaban J connectivity index is 2.37. The van der Waals surface area contributed by atoms with Crippen LogP contribution in [0.4, 0.5) is 10.2 Å². The summed E-state index contributed by atoms with van der Waals surface area (Å²) >= 11 is 1.85. The molecule has 0 aliphatic carbocycles. The van der Waals surface area contributed by atoms with Gasteiger partial charge in [0.05, 0.1) is 5.56 Å². The first-order chi connectivity index (χ1) is 10.2. The molecule has 6 heteroatoms. The van der Waals surface area contributed by atoms with Gasteiger partial charge in [-0.05, 0) is 37.8 Å². The standard InChI is InChI=1S/C15H24FN3OS/c1-3-17-14-13(16)12(8-10-18-14)15(20)19-9-6-4-5-7-11-21-2/h8,10H,3-7,9,11H2,1-2H3,(H,17,18)(H,19,20). The predicted octanol–water partition coefficient (Wildman–Crippen LogP) is 3.31. The highest BCUT2D eigenvalue weighted by Crippen LogP contribution is 2.14. The molecule has 0 radical (unpaired) electrons. The zero-order chi connectivity index (χ0) is 15.5. The zero-order valence-corrected chi connectivity index (χ0v) is 13.6. The van der Waals surface area contributed by atoms with Crippen LogP contribution in [0.25, 0.3) is 0 Å². The summed E-state index contributed by atoms with van der Waals surface area (Å²) in [6.07, 6.45) is 7.93. The zero-order valence-electron chi connectivity index (χ0n) is 12.7. The first-order valence-electron chi connectivity index (χ1n) is 7.36. The van der Waals surface area contributed by atoms with Crippen molar-refractivity contribution in [1.29, 1.82) is 0 Å². The molecule has 0 atom stereocenters. The van der Waals surface area contributed by atoms with Crippen molar-refractivity contribution in [3.8, 4) is 0 Å². The maximum atomic E-state index is 14.0. The second-order valence-electron chi connectivity index (χ2n) is 4.71. The van der Waals surface area contributed by atoms with E-state index in [2.05, 4.69) is 21.9 Å². The molecule has 1 aromatic heterocycles. The van der Waals surface area contributed by atoms with Crippen LogP contribution in [0.2, 0.25) is 0 Å². The van der Waals surface area contributed by atoms with Crippen LogP contribution in [0.15, 0.2) is 12.3 Å². The second-order valence-corrected chi connectivity index (χ2v) is 5.70. The first kappa shape index (κ1) is 17.8. The van der Waals surface area contributed by atoms with Gasteiger partial charge in [0.2, 0.25) is 0 Å². The van der Waals surface area contributed by atoms with Crippen molar-refractivity contribution >= 4 is 23.5 Å². The number of anilines is 1. The molecule has 1 aromatic rings. The van der Waals surface area contributed by atoms with Gasteiger partial charge >= 0.3 is 0 Å². The average Bonchev–Trinajstić information content (AvgIpc) is 2.48. The summed E-state index contributed by atoms with van der Waals surface area (Å²) in [7, 11) is 0. The number of unbranched alkanes of at least 4 members (excludes halogenated alkanes) is 3. The van der Waals surface area contributed by atoms with Crippen LogP contribution in [0.1, 0.15) is 43.0 Å². The highest BCUT2D eigenvalue weighted by atomic mass is 32.2. The van der Waals surface area contributed by atoms with Gasteiger partial charge in [-0.15, -0.1) is 0 Å². The topological polar surface area (TPSA) is 54.0 Å². The average molecular weight is 313 g/mol. The van der Waals surface area contributed by atoms with Crippen molar-refractivity contribution < 1.29 is 9.18 Å². The number of amides is 1. The van der Waals surface area contributed by atoms with Crippen molar-refractivity contribution in [1.82, 2.24) is 10.3 Å². The molecule has 118 valence electrons. The lowest BCUT2D eigenvalue weighted by atomic mass is 10.2. The Hall–Kier alpha value is -1.30. The first-order valence-corrected chi connectivity index (χ1v) is 8.75. The van der Waals surface area contributed by atoms with E-state index in [-0.39, 0.29) is 17.3 Å². The molecule has 0 bridgehead atoms. The van der Waals surface area contributed by atoms with Crippen LogP contribution in [0, 0.1) is 5.82 Å². The van der Waals surface area contributed by atoms with Crippen molar-refractivity contribution in [3.05, 3.63) is 23.6 Å². The van der Waals surface area contributed by atoms with Crippen molar-refractivity contribution in [2.45, 2.75) is 32.6 Å². The van der Waals surface area contributed by atoms with Gasteiger partial charge in [-0.25, -0.2) is 9.37 Å². The maximum Gasteiger partial charge on any atom is 0.254 e. The molecule has 0 fully saturated rings. The van der Waals surface area contributed by atoms with E-state index in [1.165, 1.54) is 30.9 Å². The number of rotatable bonds is 10. The van der Waals surface area contributed by atoms with Crippen LogP contribution in [-0.2, 0) is 0 Å². The molecular weight excluding hydrogens is 289 g/mol. The molecular formula is C15H24FN3OS. The fraction of sp³-hybridized carbons (Fsp3) is 0.600. The summed E-state index contributed by atoms with van der Waals surface area (Å²) in [5, 5.41) is 5.56. The van der Waals surface area contributed by atoms with Gasteiger partial charge < -0.3 is 10.6 Å². The lowest BCUT2D eigenvalue weighted by Crippen LogP contribution is -2.26. The normalized spacial score (nSPS) is 10.4. The summed E-state index contributed by atoms with van der Waals surface area (Å²) in [4.78, 5) is 15.8. The maximum absolute atomic E-state index is 14.0. The number of nitrogens with zero attached hydrogens (tertiary/aromatic N) is 1. The van der Waals surface area contributed by atoms with Crippen molar-refractivity contribution in [2.75, 3.05) is 30.4 Å². The fourth-order valence-corrected chi connectivity index (χ4v) is 2.42. The summed E-state index contributed by atoms with van der Waals surface area (Å²) in [5.74, 6) is 0.346. The Morgan fingerprint density at radius 1 is 1.33 bits per heavy atom. The highest BCUT2D eigenvalue weighted by Gasteiger charge is 2.15. The molecule has 0 saturated heterocycles. The van der Waals surface area contributed by atoms with Gasteiger partial charge in [-0.2, -0.15) is 11.8 Å². The molecule has 0 aromatic carbocycles. The van der Waals surface area contributed by atoms with Gasteiger partial charge in [-0.1, -0.05) is 12.8 Å². The number of hydrogen-bond donors (Lipinski definition) is 2. The number of hydrogen-bond acceptors (Lipinski definition) is 4. The molecule has 1 amide bonds. The van der Waals surface area contributed by atoms with Gasteiger partial charge in [0, 0.05) is 19.3 Å². The van der Waals surface area contributed by atoms with E-state index < -0.39 is 5.82 Å². The second kappa shape index (κ2) is 10.4. The Kier molecular flexibility index (Phi) is 8.82. The predicted molar refractivity (Wildman–Crippen MR) is 87.5 cm³/mol. The third-order valence-electron chi connectivity index (χ3n) is 3.04. The van der Waals surface area contributed by atoms with E-state index >= 15 is 0 Å². The summed E-state index contributed by atoms with van der Waals surface area (Å²) < 4.78 is 14.0. The van der Waals surface area contributed by atoms with Crippen molar-refractivity contribution in [2.24, 2.45) is 0 Å². The minimum absolute atomic E-state index is 0.0448. The highest BCUT2D eigenvalue weighted by molar-refractivity contribution is 7.98. The molecule has 21 heavy (non-hydrogen) atoms. The third kappa shape index (κ3) is 6.33. The minimum atomic E-state index is -0.586. The number of carbonyl (C=O) groups is 1. The van der Waals surface area contributed by atoms with Crippen LogP contribution >= 0.6 is 11.8 Å². The van der Waals surface area contributed by atoms with Crippen LogP contribution in [0.5, 0.6) is 0 Å². The van der Waals surface area contributed by atoms with Crippen molar-refractivity contribution in [3.63, 3.8) is 0 Å². The van der Waals surface area contributed by atoms with Crippen LogP contribution in [0.3, 0.4) is 0 Å². The molecule has 0 spiro atoms. The Morgan fingerprint density at radius 3 is 2.81 bits per heavy atom. The lowest BCUT2D eigenvalue weighted by Gasteiger charge is -2.09. The summed E-state index contributed by atoms with van der Waals surface area (Å²) in [6, 6.07) is 1.41. The molecule has 1 rings (SSSR count). The lowest BCUT2D eigenvalue weighted by molar-refractivity contribution is 0.0949. The van der Waals surface area contributed by atoms with Crippen LogP contribution in [-0.4, -0.2) is 36.0 Å². The summed E-state index contributed by atoms with van der Waals surface area (Å²) in [5.41, 5.74) is 0.0448. The number of aromatic nitrogens is 1. The SMILES string of the molecule is CCNc1nccc(C(=O)NCCCCCCSC)c1F. The number of nitrogens with one attached hydrogen (secondary N) is 2. The number of carbonyl (C=O) groups excluding carboxylic acids is 1. The number of thioether (sulfide) groups is 1. The monoisotopic (exact) mass is 313 g/mol. The molecule has 0 unspecified atom stereocenters. The van der Waals surface area contributed by atoms with Crippen LogP contribution < -0.4 is 10.6 Å². The summed E-state index contributed by atoms with van der Waals surface area (Å²) in [6.45, 7) is 2.99. The van der Waals surface area contributed by atoms with E-state index in [4.69, 9.17) is 0 Å². The van der Waals surface area contributed by atoms with E-state index in [0.717, 1.165) is 12.8 Å². The van der Waals surface area contributed by atoms with Gasteiger partial charge in [-0.3, -0.25) is 4.79 Å². The Bertz CT molecular complexity index is 443. The largest absolute Gasteiger partial charge is 0.368 e. The van der Waals surface area contributed by atoms with E-state index in [1.807, 2.05) is 18.7 Å². The van der Waals surface area contributed by atoms with Gasteiger partial charge in [0.1, 0.15) is 0 Å². The van der Waals surface area contributed by atoms with E-state index in [9.17, 15) is 9.18 Å². The van der Waals surface area contributed by atoms with E-state index in [1.54, 1.807) is 0 Å². The molecule has 0 saturated carbocycles. The molecule has 0 aliphatic rings. The third-order valence-corrected chi connectivity index (χ3v) is 3.74. The Labute approximate surface area is 130 Å². The number of halogens is 1. The smallest absolute Gasteiger partial charge is 0.254 e. The minimum Gasteiger partial charge on any atom is -0.368 e. The van der Waals surface area contributed by atoms with E-state index in [0.29, 0.717) is 13.1 Å².